The van der Waals surface area contributed by atoms with Gasteiger partial charge in [-0.2, -0.15) is 0 Å². The van der Waals surface area contributed by atoms with Gasteiger partial charge in [0.05, 0.1) is 17.9 Å². The number of aromatic nitrogens is 2. The lowest BCUT2D eigenvalue weighted by Gasteiger charge is -2.11. The number of imidazole rings is 1. The Labute approximate surface area is 133 Å². The van der Waals surface area contributed by atoms with Crippen LogP contribution in [0.1, 0.15) is 29.1 Å². The first-order valence-electron chi connectivity index (χ1n) is 7.30. The lowest BCUT2D eigenvalue weighted by molar-refractivity contribution is 0.0938. The minimum atomic E-state index is -0.435. The first-order valence-corrected chi connectivity index (χ1v) is 7.30. The van der Waals surface area contributed by atoms with E-state index in [2.05, 4.69) is 15.3 Å². The zero-order valence-corrected chi connectivity index (χ0v) is 12.6. The third-order valence-corrected chi connectivity index (χ3v) is 3.52. The van der Waals surface area contributed by atoms with Crippen molar-refractivity contribution >= 4 is 5.91 Å². The van der Waals surface area contributed by atoms with Crippen LogP contribution in [0.4, 0.5) is 4.39 Å². The number of benzene rings is 2. The lowest BCUT2D eigenvalue weighted by atomic mass is 10.2. The number of carbonyl (C=O) groups is 1. The smallest absolute Gasteiger partial charge is 0.251 e. The van der Waals surface area contributed by atoms with Gasteiger partial charge in [-0.15, -0.1) is 0 Å². The Bertz CT molecular complexity index is 814. The van der Waals surface area contributed by atoms with Gasteiger partial charge >= 0.3 is 0 Å². The summed E-state index contributed by atoms with van der Waals surface area (Å²) >= 11 is 0. The van der Waals surface area contributed by atoms with E-state index in [-0.39, 0.29) is 17.5 Å². The summed E-state index contributed by atoms with van der Waals surface area (Å²) in [5.41, 5.74) is 2.19. The Kier molecular flexibility index (Phi) is 4.19. The van der Waals surface area contributed by atoms with Gasteiger partial charge in [0, 0.05) is 5.56 Å². The van der Waals surface area contributed by atoms with Crippen LogP contribution in [0.25, 0.3) is 11.3 Å². The summed E-state index contributed by atoms with van der Waals surface area (Å²) in [5, 5.41) is 2.81. The van der Waals surface area contributed by atoms with E-state index in [0.717, 1.165) is 11.3 Å². The number of carbonyl (C=O) groups excluding carboxylic acids is 1. The van der Waals surface area contributed by atoms with Crippen molar-refractivity contribution in [2.75, 3.05) is 0 Å². The first kappa shape index (κ1) is 15.0. The maximum absolute atomic E-state index is 13.2. The summed E-state index contributed by atoms with van der Waals surface area (Å²) in [5.74, 6) is -0.127. The number of hydrogen-bond acceptors (Lipinski definition) is 2. The molecule has 4 nitrogen and oxygen atoms in total. The molecule has 0 fully saturated rings. The van der Waals surface area contributed by atoms with E-state index in [4.69, 9.17) is 0 Å². The molecule has 0 saturated carbocycles. The molecule has 0 bridgehead atoms. The van der Waals surface area contributed by atoms with Crippen molar-refractivity contribution in [3.8, 4) is 11.3 Å². The number of H-pyrrole nitrogens is 1. The molecule has 0 saturated heterocycles. The second-order valence-corrected chi connectivity index (χ2v) is 5.25. The van der Waals surface area contributed by atoms with Gasteiger partial charge in [0.25, 0.3) is 5.91 Å². The molecule has 1 amide bonds. The van der Waals surface area contributed by atoms with E-state index in [1.165, 1.54) is 18.2 Å². The van der Waals surface area contributed by atoms with Crippen LogP contribution in [0.5, 0.6) is 0 Å². The largest absolute Gasteiger partial charge is 0.342 e. The van der Waals surface area contributed by atoms with Gasteiger partial charge in [-0.25, -0.2) is 9.37 Å². The molecule has 0 spiro atoms. The number of aromatic amines is 1. The molecule has 23 heavy (non-hydrogen) atoms. The predicted molar refractivity (Wildman–Crippen MR) is 86.3 cm³/mol. The average Bonchev–Trinajstić information content (AvgIpc) is 3.06. The second-order valence-electron chi connectivity index (χ2n) is 5.25. The fraction of sp³-hybridized carbons (Fsp3) is 0.111. The summed E-state index contributed by atoms with van der Waals surface area (Å²) < 4.78 is 13.2. The Hall–Kier alpha value is -2.95. The summed E-state index contributed by atoms with van der Waals surface area (Å²) in [6.45, 7) is 1.82. The van der Waals surface area contributed by atoms with Gasteiger partial charge in [-0.3, -0.25) is 4.79 Å². The minimum absolute atomic E-state index is 0.284. The van der Waals surface area contributed by atoms with Gasteiger partial charge in [-0.1, -0.05) is 36.4 Å². The third kappa shape index (κ3) is 3.45. The van der Waals surface area contributed by atoms with Gasteiger partial charge < -0.3 is 10.3 Å². The highest BCUT2D eigenvalue weighted by atomic mass is 19.1. The number of nitrogens with zero attached hydrogens (tertiary/aromatic N) is 1. The molecule has 2 aromatic carbocycles. The normalized spacial score (nSPS) is 11.9. The highest BCUT2D eigenvalue weighted by Gasteiger charge is 2.15. The van der Waals surface area contributed by atoms with Crippen LogP contribution in [0.2, 0.25) is 0 Å². The topological polar surface area (TPSA) is 57.8 Å². The Balaban J connectivity index is 1.73. The number of halogens is 1. The summed E-state index contributed by atoms with van der Waals surface area (Å²) in [7, 11) is 0. The van der Waals surface area contributed by atoms with Crippen LogP contribution in [0.3, 0.4) is 0 Å². The quantitative estimate of drug-likeness (QED) is 0.772. The van der Waals surface area contributed by atoms with Crippen molar-refractivity contribution in [3.63, 3.8) is 0 Å². The van der Waals surface area contributed by atoms with E-state index in [1.54, 1.807) is 12.3 Å². The molecule has 1 heterocycles. The Morgan fingerprint density at radius 1 is 1.17 bits per heavy atom. The van der Waals surface area contributed by atoms with Crippen molar-refractivity contribution < 1.29 is 9.18 Å². The van der Waals surface area contributed by atoms with Crippen molar-refractivity contribution in [2.24, 2.45) is 0 Å². The van der Waals surface area contributed by atoms with E-state index in [9.17, 15) is 9.18 Å². The highest BCUT2D eigenvalue weighted by Crippen LogP contribution is 2.19. The maximum atomic E-state index is 13.2. The molecule has 0 aliphatic carbocycles. The van der Waals surface area contributed by atoms with Gasteiger partial charge in [0.15, 0.2) is 0 Å². The monoisotopic (exact) mass is 309 g/mol. The number of rotatable bonds is 4. The van der Waals surface area contributed by atoms with Crippen LogP contribution >= 0.6 is 0 Å². The summed E-state index contributed by atoms with van der Waals surface area (Å²) in [6.07, 6.45) is 1.73. The molecule has 5 heteroatoms. The fourth-order valence-electron chi connectivity index (χ4n) is 2.30. The average molecular weight is 309 g/mol. The van der Waals surface area contributed by atoms with Gasteiger partial charge in [0.1, 0.15) is 11.6 Å². The van der Waals surface area contributed by atoms with Crippen molar-refractivity contribution in [1.29, 1.82) is 0 Å². The predicted octanol–water partition coefficient (Wildman–Crippen LogP) is 3.71. The van der Waals surface area contributed by atoms with Crippen LogP contribution < -0.4 is 5.32 Å². The molecule has 3 rings (SSSR count). The van der Waals surface area contributed by atoms with Crippen LogP contribution in [-0.4, -0.2) is 15.9 Å². The van der Waals surface area contributed by atoms with E-state index >= 15 is 0 Å². The van der Waals surface area contributed by atoms with Crippen LogP contribution in [0, 0.1) is 5.82 Å². The van der Waals surface area contributed by atoms with Gasteiger partial charge in [-0.05, 0) is 30.7 Å². The SMILES string of the molecule is C[C@H](NC(=O)c1cccc(F)c1)c1ncc(-c2ccccc2)[nH]1. The number of hydrogen-bond donors (Lipinski definition) is 2. The minimum Gasteiger partial charge on any atom is -0.342 e. The van der Waals surface area contributed by atoms with E-state index in [0.29, 0.717) is 5.82 Å². The molecule has 1 atom stereocenters. The second kappa shape index (κ2) is 6.44. The molecule has 3 aromatic rings. The number of amides is 1. The standard InChI is InChI=1S/C18H16FN3O/c1-12(21-18(23)14-8-5-9-15(19)10-14)17-20-11-16(22-17)13-6-3-2-4-7-13/h2-12H,1H3,(H,20,22)(H,21,23)/t12-/m0/s1. The van der Waals surface area contributed by atoms with Crippen molar-refractivity contribution in [2.45, 2.75) is 13.0 Å². The molecule has 0 unspecified atom stereocenters. The lowest BCUT2D eigenvalue weighted by Crippen LogP contribution is -2.27. The molecule has 0 aliphatic heterocycles. The zero-order chi connectivity index (χ0) is 16.2. The Morgan fingerprint density at radius 3 is 2.70 bits per heavy atom. The molecule has 0 radical (unpaired) electrons. The van der Waals surface area contributed by atoms with Crippen molar-refractivity contribution in [3.05, 3.63) is 78.0 Å². The zero-order valence-electron chi connectivity index (χ0n) is 12.6. The maximum Gasteiger partial charge on any atom is 0.251 e. The van der Waals surface area contributed by atoms with Crippen LogP contribution in [0.15, 0.2) is 60.8 Å². The first-order chi connectivity index (χ1) is 11.1. The third-order valence-electron chi connectivity index (χ3n) is 3.52. The van der Waals surface area contributed by atoms with E-state index < -0.39 is 5.82 Å². The van der Waals surface area contributed by atoms with Crippen molar-refractivity contribution in [1.82, 2.24) is 15.3 Å². The molecule has 2 N–H and O–H groups in total. The summed E-state index contributed by atoms with van der Waals surface area (Å²) in [6, 6.07) is 15.1. The molecule has 0 aliphatic rings. The Morgan fingerprint density at radius 2 is 1.96 bits per heavy atom. The van der Waals surface area contributed by atoms with Crippen LogP contribution in [-0.2, 0) is 0 Å². The molecular formula is C18H16FN3O. The molecule has 116 valence electrons. The summed E-state index contributed by atoms with van der Waals surface area (Å²) in [4.78, 5) is 19.6. The molecular weight excluding hydrogens is 293 g/mol. The van der Waals surface area contributed by atoms with E-state index in [1.807, 2.05) is 37.3 Å². The number of nitrogens with one attached hydrogen (secondary N) is 2. The molecule has 1 aromatic heterocycles. The van der Waals surface area contributed by atoms with Gasteiger partial charge in [0.2, 0.25) is 0 Å². The fourth-order valence-corrected chi connectivity index (χ4v) is 2.30. The highest BCUT2D eigenvalue weighted by molar-refractivity contribution is 5.94.